The number of aliphatic hydroxyl groups is 1. The number of unbranched alkanes of at least 4 members (excludes halogenated alkanes) is 24. The number of hydrogen-bond acceptors (Lipinski definition) is 4. The summed E-state index contributed by atoms with van der Waals surface area (Å²) in [6, 6.07) is 0. The van der Waals surface area contributed by atoms with Crippen LogP contribution in [0.3, 0.4) is 0 Å². The number of ether oxygens (including phenoxy) is 3. The highest BCUT2D eigenvalue weighted by atomic mass is 35.5. The average Bonchev–Trinajstić information content (AvgIpc) is 3.10. The van der Waals surface area contributed by atoms with Crippen LogP contribution in [0.5, 0.6) is 0 Å². The maximum Gasteiger partial charge on any atom is 0.130 e. The molecule has 0 spiro atoms. The van der Waals surface area contributed by atoms with Crippen LogP contribution in [0.15, 0.2) is 24.3 Å². The van der Waals surface area contributed by atoms with Crippen molar-refractivity contribution in [2.75, 3.05) is 66.8 Å². The van der Waals surface area contributed by atoms with E-state index in [4.69, 9.17) is 19.3 Å². The van der Waals surface area contributed by atoms with Crippen LogP contribution >= 0.6 is 0 Å². The van der Waals surface area contributed by atoms with Crippen LogP contribution in [0, 0.1) is 0 Å². The summed E-state index contributed by atoms with van der Waals surface area (Å²) in [5.74, 6) is 0. The number of likely N-dealkylation sites (N-methyl/N-ethyl adjacent to an activating group) is 1. The Morgan fingerprint density at radius 1 is 0.471 bits per heavy atom. The summed E-state index contributed by atoms with van der Waals surface area (Å²) >= 11 is 0. The number of halogens is 1. The molecule has 0 aliphatic rings. The average molecular weight is 745 g/mol. The van der Waals surface area contributed by atoms with E-state index in [1.54, 1.807) is 0 Å². The van der Waals surface area contributed by atoms with E-state index in [1.165, 1.54) is 167 Å². The second-order valence-electron chi connectivity index (χ2n) is 15.6. The van der Waals surface area contributed by atoms with E-state index in [2.05, 4.69) is 52.2 Å². The Hall–Kier alpha value is -0.430. The second kappa shape index (κ2) is 44.0. The molecule has 306 valence electrons. The van der Waals surface area contributed by atoms with Gasteiger partial charge in [0.1, 0.15) is 19.2 Å². The maximum atomic E-state index is 9.02. The predicted molar refractivity (Wildman–Crippen MR) is 219 cm³/mol. The molecule has 0 aromatic carbocycles. The molecule has 1 N–H and O–H groups in total. The molecule has 0 radical (unpaired) electrons. The van der Waals surface area contributed by atoms with Gasteiger partial charge >= 0.3 is 0 Å². The summed E-state index contributed by atoms with van der Waals surface area (Å²) in [5, 5.41) is 9.02. The van der Waals surface area contributed by atoms with Gasteiger partial charge in [0.05, 0.1) is 40.5 Å². The highest BCUT2D eigenvalue weighted by molar-refractivity contribution is 4.82. The molecule has 0 fully saturated rings. The Kier molecular flexibility index (Phi) is 45.4. The quantitative estimate of drug-likeness (QED) is 0.0385. The predicted octanol–water partition coefficient (Wildman–Crippen LogP) is 9.55. The topological polar surface area (TPSA) is 47.9 Å². The molecule has 0 saturated heterocycles. The molecule has 0 amide bonds. The van der Waals surface area contributed by atoms with E-state index >= 15 is 0 Å². The first-order chi connectivity index (χ1) is 24.6. The largest absolute Gasteiger partial charge is 1.00 e. The van der Waals surface area contributed by atoms with Gasteiger partial charge in [-0.1, -0.05) is 154 Å². The summed E-state index contributed by atoms with van der Waals surface area (Å²) in [4.78, 5) is 0. The smallest absolute Gasteiger partial charge is 0.130 e. The first-order valence-corrected chi connectivity index (χ1v) is 22.1. The summed E-state index contributed by atoms with van der Waals surface area (Å²) in [5.41, 5.74) is 0. The monoisotopic (exact) mass is 744 g/mol. The van der Waals surface area contributed by atoms with Crippen molar-refractivity contribution >= 4 is 0 Å². The first kappa shape index (κ1) is 52.7. The molecule has 0 heterocycles. The van der Waals surface area contributed by atoms with E-state index in [0.29, 0.717) is 19.8 Å². The Labute approximate surface area is 326 Å². The van der Waals surface area contributed by atoms with Crippen molar-refractivity contribution in [2.24, 2.45) is 0 Å². The number of rotatable bonds is 42. The minimum Gasteiger partial charge on any atom is -1.00 e. The minimum absolute atomic E-state index is 0. The highest BCUT2D eigenvalue weighted by Gasteiger charge is 2.23. The van der Waals surface area contributed by atoms with E-state index < -0.39 is 0 Å². The van der Waals surface area contributed by atoms with Gasteiger partial charge in [-0.05, 0) is 64.2 Å². The van der Waals surface area contributed by atoms with Crippen LogP contribution < -0.4 is 12.4 Å². The summed E-state index contributed by atoms with van der Waals surface area (Å²) in [6.45, 7) is 9.89. The minimum atomic E-state index is 0. The highest BCUT2D eigenvalue weighted by Crippen LogP contribution is 2.13. The van der Waals surface area contributed by atoms with Crippen LogP contribution in [0.4, 0.5) is 0 Å². The van der Waals surface area contributed by atoms with E-state index in [-0.39, 0.29) is 25.1 Å². The maximum absolute atomic E-state index is 9.02. The van der Waals surface area contributed by atoms with Crippen LogP contribution in [0.1, 0.15) is 194 Å². The lowest BCUT2D eigenvalue weighted by molar-refractivity contribution is -0.894. The molecule has 0 saturated carbocycles. The zero-order valence-corrected chi connectivity index (χ0v) is 35.6. The molecular weight excluding hydrogens is 654 g/mol. The molecule has 1 atom stereocenters. The van der Waals surface area contributed by atoms with Gasteiger partial charge in [0, 0.05) is 13.2 Å². The third kappa shape index (κ3) is 43.9. The van der Waals surface area contributed by atoms with Gasteiger partial charge in [-0.25, -0.2) is 0 Å². The van der Waals surface area contributed by atoms with Gasteiger partial charge in [-0.15, -0.1) is 0 Å². The zero-order chi connectivity index (χ0) is 36.5. The van der Waals surface area contributed by atoms with Gasteiger partial charge < -0.3 is 36.2 Å². The second-order valence-corrected chi connectivity index (χ2v) is 15.6. The fraction of sp³-hybridized carbons (Fsp3) is 0.911. The van der Waals surface area contributed by atoms with Crippen molar-refractivity contribution in [3.05, 3.63) is 24.3 Å². The van der Waals surface area contributed by atoms with Crippen LogP contribution in [0.2, 0.25) is 0 Å². The molecule has 0 aromatic rings. The summed E-state index contributed by atoms with van der Waals surface area (Å²) in [7, 11) is 4.49. The summed E-state index contributed by atoms with van der Waals surface area (Å²) < 4.78 is 19.0. The number of quaternary nitrogens is 1. The van der Waals surface area contributed by atoms with Gasteiger partial charge in [0.2, 0.25) is 0 Å². The number of nitrogens with zero attached hydrogens (tertiary/aromatic N) is 1. The lowest BCUT2D eigenvalue weighted by atomic mass is 10.1. The molecule has 6 heteroatoms. The fourth-order valence-electron chi connectivity index (χ4n) is 6.54. The number of hydrogen-bond donors (Lipinski definition) is 1. The Morgan fingerprint density at radius 3 is 1.29 bits per heavy atom. The number of aliphatic hydroxyl groups excluding tert-OH is 1. The van der Waals surface area contributed by atoms with Crippen LogP contribution in [-0.4, -0.2) is 82.5 Å². The van der Waals surface area contributed by atoms with Crippen molar-refractivity contribution in [1.29, 1.82) is 0 Å². The normalized spacial score (nSPS) is 12.7. The third-order valence-corrected chi connectivity index (χ3v) is 9.89. The summed E-state index contributed by atoms with van der Waals surface area (Å²) in [6.07, 6.45) is 47.0. The van der Waals surface area contributed by atoms with Crippen LogP contribution in [-0.2, 0) is 14.2 Å². The molecule has 5 nitrogen and oxygen atoms in total. The fourth-order valence-corrected chi connectivity index (χ4v) is 6.54. The molecule has 0 aliphatic carbocycles. The van der Waals surface area contributed by atoms with E-state index in [1.807, 2.05) is 0 Å². The molecule has 0 bridgehead atoms. The van der Waals surface area contributed by atoms with Crippen molar-refractivity contribution in [1.82, 2.24) is 0 Å². The lowest BCUT2D eigenvalue weighted by Crippen LogP contribution is -3.00. The van der Waals surface area contributed by atoms with Gasteiger partial charge in [-0.2, -0.15) is 0 Å². The molecule has 1 unspecified atom stereocenters. The zero-order valence-electron chi connectivity index (χ0n) is 34.8. The molecule has 0 aromatic heterocycles. The lowest BCUT2D eigenvalue weighted by Gasteiger charge is -2.33. The van der Waals surface area contributed by atoms with Crippen molar-refractivity contribution in [3.8, 4) is 0 Å². The molecule has 0 rings (SSSR count). The molecule has 0 aliphatic heterocycles. The SMILES string of the molecule is CCCCCCCC/C=C\CCCCCCCCOCC(C[N+](C)(C)CCOCCO)OCCCCCCCC/C=C\CCCCCCCC.[Cl-]. The Morgan fingerprint density at radius 2 is 0.863 bits per heavy atom. The Balaban J connectivity index is 0. The third-order valence-electron chi connectivity index (χ3n) is 9.89. The number of allylic oxidation sites excluding steroid dienone is 4. The van der Waals surface area contributed by atoms with Gasteiger partial charge in [-0.3, -0.25) is 0 Å². The van der Waals surface area contributed by atoms with Crippen molar-refractivity contribution in [3.63, 3.8) is 0 Å². The Bertz CT molecular complexity index is 702. The standard InChI is InChI=1S/C45H90NO4.ClH/c1-5-7-9-11-13-15-17-19-21-23-25-27-29-31-33-35-39-49-44-45(43-46(3,4)37-41-48-42-38-47)50-40-36-34-32-30-28-26-24-22-20-18-16-14-12-10-8-6-2;/h19-22,45,47H,5-18,23-44H2,1-4H3;1H/q+1;/p-1/b21-19-,22-20-;. The van der Waals surface area contributed by atoms with Crippen molar-refractivity contribution < 1.29 is 36.2 Å². The molecule has 51 heavy (non-hydrogen) atoms. The van der Waals surface area contributed by atoms with E-state index in [0.717, 1.165) is 43.6 Å². The van der Waals surface area contributed by atoms with Gasteiger partial charge in [0.15, 0.2) is 0 Å². The van der Waals surface area contributed by atoms with Gasteiger partial charge in [0.25, 0.3) is 0 Å². The molecular formula is C45H90ClNO4. The first-order valence-electron chi connectivity index (χ1n) is 22.1. The van der Waals surface area contributed by atoms with E-state index in [9.17, 15) is 0 Å². The van der Waals surface area contributed by atoms with Crippen LogP contribution in [0.25, 0.3) is 0 Å². The van der Waals surface area contributed by atoms with Crippen molar-refractivity contribution in [2.45, 2.75) is 200 Å².